The van der Waals surface area contributed by atoms with Crippen LogP contribution in [0.1, 0.15) is 30.0 Å². The number of tetrazole rings is 1. The van der Waals surface area contributed by atoms with Crippen LogP contribution >= 0.6 is 0 Å². The molecule has 3 heterocycles. The number of nitrogens with one attached hydrogen (secondary N) is 1. The first kappa shape index (κ1) is 28.0. The number of aromatic nitrogens is 7. The fourth-order valence-electron chi connectivity index (χ4n) is 5.31. The molecule has 0 saturated carbocycles. The Morgan fingerprint density at radius 2 is 1.95 bits per heavy atom. The summed E-state index contributed by atoms with van der Waals surface area (Å²) >= 11 is 0. The van der Waals surface area contributed by atoms with Crippen LogP contribution in [-0.2, 0) is 20.9 Å². The molecule has 0 aliphatic carbocycles. The molecule has 43 heavy (non-hydrogen) atoms. The maximum Gasteiger partial charge on any atom is 0.249 e. The predicted octanol–water partition coefficient (Wildman–Crippen LogP) is 2.79. The number of hydrogen-bond acceptors (Lipinski definition) is 9. The van der Waals surface area contributed by atoms with Crippen LogP contribution in [0.5, 0.6) is 5.75 Å². The number of carbonyl (C=O) groups is 2. The maximum atomic E-state index is 14.4. The van der Waals surface area contributed by atoms with Crippen molar-refractivity contribution in [3.05, 3.63) is 84.2 Å². The van der Waals surface area contributed by atoms with Crippen LogP contribution in [0.15, 0.2) is 73.1 Å². The summed E-state index contributed by atoms with van der Waals surface area (Å²) in [7, 11) is 1.58. The molecule has 13 nitrogen and oxygen atoms in total. The van der Waals surface area contributed by atoms with Crippen LogP contribution in [0.25, 0.3) is 16.7 Å². The quantitative estimate of drug-likeness (QED) is 0.263. The van der Waals surface area contributed by atoms with Crippen LogP contribution in [0.3, 0.4) is 0 Å². The van der Waals surface area contributed by atoms with Crippen molar-refractivity contribution in [2.75, 3.05) is 25.2 Å². The SMILES string of the molecule is COc1ccc([C@@H](C(=O)NC[C@H]2CCCO2)N(C(=O)Cn2nnc3ccccc32)c2ccc(-n3cnnn3)c(C)c2)cc1. The standard InChI is InChI=1S/C30H31N9O4/c1-20-16-22(11-14-26(20)38-19-32-34-36-38)39(28(40)18-37-27-8-4-3-7-25(27)33-35-37)29(21-9-12-23(42-2)13-10-21)30(41)31-17-24-6-5-15-43-24/h3-4,7-14,16,19,24,29H,5-6,15,17-18H2,1-2H3,(H,31,41)/t24-,29+/m1/s1. The second-order valence-corrected chi connectivity index (χ2v) is 10.3. The van der Waals surface area contributed by atoms with Gasteiger partial charge in [-0.2, -0.15) is 0 Å². The van der Waals surface area contributed by atoms with Crippen molar-refractivity contribution in [1.29, 1.82) is 0 Å². The van der Waals surface area contributed by atoms with Gasteiger partial charge in [-0.25, -0.2) is 9.36 Å². The van der Waals surface area contributed by atoms with E-state index in [1.165, 1.54) is 11.2 Å². The smallest absolute Gasteiger partial charge is 0.249 e. The molecular weight excluding hydrogens is 550 g/mol. The van der Waals surface area contributed by atoms with Gasteiger partial charge >= 0.3 is 0 Å². The number of benzene rings is 3. The predicted molar refractivity (Wildman–Crippen MR) is 157 cm³/mol. The van der Waals surface area contributed by atoms with E-state index in [0.29, 0.717) is 41.2 Å². The summed E-state index contributed by atoms with van der Waals surface area (Å²) in [6.07, 6.45) is 3.25. The molecule has 0 spiro atoms. The van der Waals surface area contributed by atoms with Crippen molar-refractivity contribution in [3.63, 3.8) is 0 Å². The molecule has 1 N–H and O–H groups in total. The van der Waals surface area contributed by atoms with Crippen molar-refractivity contribution in [1.82, 2.24) is 40.5 Å². The number of anilines is 1. The van der Waals surface area contributed by atoms with Gasteiger partial charge in [0.25, 0.3) is 0 Å². The van der Waals surface area contributed by atoms with E-state index in [1.807, 2.05) is 43.3 Å². The zero-order chi connectivity index (χ0) is 29.8. The Labute approximate surface area is 247 Å². The highest BCUT2D eigenvalue weighted by Crippen LogP contribution is 2.32. The zero-order valence-corrected chi connectivity index (χ0v) is 23.8. The maximum absolute atomic E-state index is 14.4. The van der Waals surface area contributed by atoms with E-state index in [1.54, 1.807) is 46.8 Å². The topological polar surface area (TPSA) is 142 Å². The summed E-state index contributed by atoms with van der Waals surface area (Å²) in [5.74, 6) is -0.0474. The number of methoxy groups -OCH3 is 1. The fraction of sp³-hybridized carbons (Fsp3) is 0.300. The number of nitrogens with zero attached hydrogens (tertiary/aromatic N) is 8. The molecule has 6 rings (SSSR count). The van der Waals surface area contributed by atoms with Crippen LogP contribution < -0.4 is 15.0 Å². The van der Waals surface area contributed by atoms with Gasteiger partial charge in [0.15, 0.2) is 0 Å². The van der Waals surface area contributed by atoms with Crippen molar-refractivity contribution in [3.8, 4) is 11.4 Å². The molecule has 220 valence electrons. The number of carbonyl (C=O) groups excluding carboxylic acids is 2. The molecule has 0 bridgehead atoms. The lowest BCUT2D eigenvalue weighted by molar-refractivity contribution is -0.127. The Hall–Kier alpha value is -5.17. The third kappa shape index (κ3) is 5.93. The van der Waals surface area contributed by atoms with Crippen molar-refractivity contribution in [2.45, 2.75) is 38.5 Å². The highest BCUT2D eigenvalue weighted by molar-refractivity contribution is 6.01. The summed E-state index contributed by atoms with van der Waals surface area (Å²) in [6.45, 7) is 2.78. The third-order valence-electron chi connectivity index (χ3n) is 7.49. The minimum Gasteiger partial charge on any atom is -0.497 e. The molecule has 2 atom stereocenters. The van der Waals surface area contributed by atoms with E-state index in [9.17, 15) is 9.59 Å². The van der Waals surface area contributed by atoms with Gasteiger partial charge in [-0.1, -0.05) is 29.5 Å². The average molecular weight is 582 g/mol. The molecule has 2 amide bonds. The monoisotopic (exact) mass is 581 g/mol. The van der Waals surface area contributed by atoms with Crippen LogP contribution in [0.2, 0.25) is 0 Å². The summed E-state index contributed by atoms with van der Waals surface area (Å²) in [5, 5.41) is 22.9. The van der Waals surface area contributed by atoms with E-state index in [-0.39, 0.29) is 24.5 Å². The van der Waals surface area contributed by atoms with E-state index in [4.69, 9.17) is 9.47 Å². The molecule has 1 saturated heterocycles. The molecule has 1 fully saturated rings. The lowest BCUT2D eigenvalue weighted by atomic mass is 10.0. The summed E-state index contributed by atoms with van der Waals surface area (Å²) in [6, 6.07) is 19.0. The molecule has 0 radical (unpaired) electrons. The van der Waals surface area contributed by atoms with Gasteiger partial charge in [0, 0.05) is 18.8 Å². The minimum absolute atomic E-state index is 0.0658. The molecule has 3 aromatic carbocycles. The summed E-state index contributed by atoms with van der Waals surface area (Å²) in [5.41, 5.74) is 4.07. The molecule has 1 aliphatic rings. The molecule has 0 unspecified atom stereocenters. The number of hydrogen-bond donors (Lipinski definition) is 1. The summed E-state index contributed by atoms with van der Waals surface area (Å²) in [4.78, 5) is 29.9. The Morgan fingerprint density at radius 1 is 1.12 bits per heavy atom. The van der Waals surface area contributed by atoms with Gasteiger partial charge < -0.3 is 14.8 Å². The largest absolute Gasteiger partial charge is 0.497 e. The molecule has 5 aromatic rings. The number of ether oxygens (including phenoxy) is 2. The highest BCUT2D eigenvalue weighted by Gasteiger charge is 2.34. The number of rotatable bonds is 10. The van der Waals surface area contributed by atoms with Crippen LogP contribution in [0, 0.1) is 6.92 Å². The highest BCUT2D eigenvalue weighted by atomic mass is 16.5. The van der Waals surface area contributed by atoms with Crippen LogP contribution in [-0.4, -0.2) is 73.4 Å². The van der Waals surface area contributed by atoms with Gasteiger partial charge in [0.1, 0.15) is 30.2 Å². The number of aryl methyl sites for hydroxylation is 1. The lowest BCUT2D eigenvalue weighted by Gasteiger charge is -2.32. The lowest BCUT2D eigenvalue weighted by Crippen LogP contribution is -2.46. The first-order chi connectivity index (χ1) is 21.0. The van der Waals surface area contributed by atoms with Gasteiger partial charge in [-0.3, -0.25) is 14.5 Å². The average Bonchev–Trinajstić information content (AvgIpc) is 3.82. The second kappa shape index (κ2) is 12.4. The Kier molecular flexibility index (Phi) is 8.05. The van der Waals surface area contributed by atoms with Gasteiger partial charge in [-0.15, -0.1) is 10.2 Å². The third-order valence-corrected chi connectivity index (χ3v) is 7.49. The van der Waals surface area contributed by atoms with Gasteiger partial charge in [0.05, 0.1) is 24.4 Å². The van der Waals surface area contributed by atoms with Gasteiger partial charge in [0.2, 0.25) is 11.8 Å². The van der Waals surface area contributed by atoms with Crippen LogP contribution in [0.4, 0.5) is 5.69 Å². The molecule has 1 aliphatic heterocycles. The Morgan fingerprint density at radius 3 is 2.67 bits per heavy atom. The van der Waals surface area contributed by atoms with E-state index >= 15 is 0 Å². The first-order valence-electron chi connectivity index (χ1n) is 14.0. The van der Waals surface area contributed by atoms with Crippen molar-refractivity contribution in [2.24, 2.45) is 0 Å². The van der Waals surface area contributed by atoms with E-state index in [2.05, 4.69) is 31.2 Å². The minimum atomic E-state index is -1.01. The number of fused-ring (bicyclic) bond motifs is 1. The first-order valence-corrected chi connectivity index (χ1v) is 14.0. The van der Waals surface area contributed by atoms with Crippen molar-refractivity contribution < 1.29 is 19.1 Å². The van der Waals surface area contributed by atoms with Gasteiger partial charge in [-0.05, 0) is 83.8 Å². The normalized spacial score (nSPS) is 15.3. The zero-order valence-electron chi connectivity index (χ0n) is 23.8. The van der Waals surface area contributed by atoms with Crippen molar-refractivity contribution >= 4 is 28.5 Å². The fourth-order valence-corrected chi connectivity index (χ4v) is 5.31. The number of para-hydroxylation sites is 1. The Bertz CT molecular complexity index is 1710. The van der Waals surface area contributed by atoms with E-state index < -0.39 is 6.04 Å². The summed E-state index contributed by atoms with van der Waals surface area (Å²) < 4.78 is 14.2. The Balaban J connectivity index is 1.42. The second-order valence-electron chi connectivity index (χ2n) is 10.3. The molecule has 13 heteroatoms. The molecule has 2 aromatic heterocycles. The number of amides is 2. The molecular formula is C30H31N9O4. The van der Waals surface area contributed by atoms with E-state index in [0.717, 1.165) is 24.1 Å².